The molecular formula is C14H22Cl2N4O2. The molecule has 2 amide bonds. The SMILES string of the molecule is Cc1ccc(NC(=O)C2CCCN(C(=O)CN)C2)nc1.Cl.Cl. The van der Waals surface area contributed by atoms with E-state index in [0.29, 0.717) is 18.9 Å². The average molecular weight is 349 g/mol. The first-order valence-corrected chi connectivity index (χ1v) is 6.81. The Kier molecular flexibility index (Phi) is 9.01. The number of nitrogens with one attached hydrogen (secondary N) is 1. The topological polar surface area (TPSA) is 88.3 Å². The largest absolute Gasteiger partial charge is 0.341 e. The van der Waals surface area contributed by atoms with E-state index >= 15 is 0 Å². The van der Waals surface area contributed by atoms with Crippen molar-refractivity contribution < 1.29 is 9.59 Å². The smallest absolute Gasteiger partial charge is 0.236 e. The summed E-state index contributed by atoms with van der Waals surface area (Å²) in [5.74, 6) is 0.164. The molecule has 0 radical (unpaired) electrons. The van der Waals surface area contributed by atoms with Crippen LogP contribution in [0.2, 0.25) is 0 Å². The number of hydrogen-bond acceptors (Lipinski definition) is 4. The second kappa shape index (κ2) is 9.61. The standard InChI is InChI=1S/C14H20N4O2.2ClH/c1-10-4-5-12(16-8-10)17-14(20)11-3-2-6-18(9-11)13(19)7-15;;/h4-5,8,11H,2-3,6-7,9,15H2,1H3,(H,16,17,20);2*1H. The zero-order valence-corrected chi connectivity index (χ0v) is 14.1. The molecule has 22 heavy (non-hydrogen) atoms. The van der Waals surface area contributed by atoms with Gasteiger partial charge in [0.05, 0.1) is 12.5 Å². The number of pyridine rings is 1. The van der Waals surface area contributed by atoms with Crippen molar-refractivity contribution in [3.63, 3.8) is 0 Å². The van der Waals surface area contributed by atoms with Gasteiger partial charge < -0.3 is 16.0 Å². The fourth-order valence-corrected chi connectivity index (χ4v) is 2.32. The van der Waals surface area contributed by atoms with Crippen LogP contribution >= 0.6 is 24.8 Å². The molecule has 124 valence electrons. The molecule has 0 aromatic carbocycles. The predicted molar refractivity (Wildman–Crippen MR) is 90.5 cm³/mol. The molecule has 1 aromatic heterocycles. The third kappa shape index (κ3) is 5.44. The number of carbonyl (C=O) groups excluding carboxylic acids is 2. The maximum absolute atomic E-state index is 12.2. The van der Waals surface area contributed by atoms with Gasteiger partial charge in [0.15, 0.2) is 0 Å². The van der Waals surface area contributed by atoms with Crippen LogP contribution in [0, 0.1) is 12.8 Å². The number of hydrogen-bond donors (Lipinski definition) is 2. The van der Waals surface area contributed by atoms with E-state index in [1.807, 2.05) is 13.0 Å². The van der Waals surface area contributed by atoms with Crippen molar-refractivity contribution in [2.24, 2.45) is 11.7 Å². The van der Waals surface area contributed by atoms with Crippen molar-refractivity contribution in [3.8, 4) is 0 Å². The lowest BCUT2D eigenvalue weighted by Crippen LogP contribution is -2.45. The minimum absolute atomic E-state index is 0. The van der Waals surface area contributed by atoms with Crippen molar-refractivity contribution in [1.29, 1.82) is 0 Å². The summed E-state index contributed by atoms with van der Waals surface area (Å²) in [6.45, 7) is 3.06. The van der Waals surface area contributed by atoms with Crippen molar-refractivity contribution in [1.82, 2.24) is 9.88 Å². The van der Waals surface area contributed by atoms with Gasteiger partial charge in [0.2, 0.25) is 11.8 Å². The van der Waals surface area contributed by atoms with Gasteiger partial charge in [-0.3, -0.25) is 9.59 Å². The summed E-state index contributed by atoms with van der Waals surface area (Å²) in [7, 11) is 0. The van der Waals surface area contributed by atoms with Gasteiger partial charge in [0.1, 0.15) is 5.82 Å². The first kappa shape index (κ1) is 20.6. The summed E-state index contributed by atoms with van der Waals surface area (Å²) in [6.07, 6.45) is 3.32. The molecule has 1 aliphatic rings. The molecule has 1 aliphatic heterocycles. The Morgan fingerprint density at radius 2 is 2.14 bits per heavy atom. The van der Waals surface area contributed by atoms with Gasteiger partial charge in [-0.15, -0.1) is 24.8 Å². The summed E-state index contributed by atoms with van der Waals surface area (Å²) >= 11 is 0. The van der Waals surface area contributed by atoms with Gasteiger partial charge in [-0.05, 0) is 31.4 Å². The summed E-state index contributed by atoms with van der Waals surface area (Å²) < 4.78 is 0. The number of rotatable bonds is 3. The maximum atomic E-state index is 12.2. The molecule has 1 aromatic rings. The van der Waals surface area contributed by atoms with Gasteiger partial charge in [-0.1, -0.05) is 6.07 Å². The number of anilines is 1. The molecule has 3 N–H and O–H groups in total. The molecule has 8 heteroatoms. The van der Waals surface area contributed by atoms with E-state index in [0.717, 1.165) is 18.4 Å². The minimum Gasteiger partial charge on any atom is -0.341 e. The van der Waals surface area contributed by atoms with Gasteiger partial charge >= 0.3 is 0 Å². The Bertz CT molecular complexity index is 496. The van der Waals surface area contributed by atoms with Crippen molar-refractivity contribution >= 4 is 42.4 Å². The third-order valence-corrected chi connectivity index (χ3v) is 3.48. The number of amides is 2. The number of nitrogens with zero attached hydrogens (tertiary/aromatic N) is 2. The number of nitrogens with two attached hydrogens (primary N) is 1. The van der Waals surface area contributed by atoms with E-state index in [9.17, 15) is 9.59 Å². The fraction of sp³-hybridized carbons (Fsp3) is 0.500. The quantitative estimate of drug-likeness (QED) is 0.863. The Morgan fingerprint density at radius 3 is 2.73 bits per heavy atom. The highest BCUT2D eigenvalue weighted by Crippen LogP contribution is 2.18. The van der Waals surface area contributed by atoms with Crippen molar-refractivity contribution in [2.45, 2.75) is 19.8 Å². The Balaban J connectivity index is 0.00000220. The second-order valence-electron chi connectivity index (χ2n) is 5.09. The maximum Gasteiger partial charge on any atom is 0.236 e. The molecule has 0 spiro atoms. The normalized spacial score (nSPS) is 17.0. The number of aryl methyl sites for hydroxylation is 1. The molecule has 6 nitrogen and oxygen atoms in total. The van der Waals surface area contributed by atoms with E-state index in [1.165, 1.54) is 0 Å². The van der Waals surface area contributed by atoms with E-state index in [4.69, 9.17) is 5.73 Å². The molecule has 2 rings (SSSR count). The van der Waals surface area contributed by atoms with E-state index < -0.39 is 0 Å². The van der Waals surface area contributed by atoms with E-state index in [1.54, 1.807) is 17.2 Å². The van der Waals surface area contributed by atoms with Crippen LogP contribution in [0.5, 0.6) is 0 Å². The first-order chi connectivity index (χ1) is 9.60. The molecule has 0 aliphatic carbocycles. The molecule has 2 heterocycles. The summed E-state index contributed by atoms with van der Waals surface area (Å²) in [6, 6.07) is 3.67. The number of carbonyl (C=O) groups is 2. The van der Waals surface area contributed by atoms with Gasteiger partial charge in [-0.25, -0.2) is 4.98 Å². The number of likely N-dealkylation sites (tertiary alicyclic amines) is 1. The third-order valence-electron chi connectivity index (χ3n) is 3.48. The van der Waals surface area contributed by atoms with Crippen molar-refractivity contribution in [2.75, 3.05) is 25.0 Å². The van der Waals surface area contributed by atoms with Gasteiger partial charge in [-0.2, -0.15) is 0 Å². The van der Waals surface area contributed by atoms with Crippen LogP contribution in [-0.4, -0.2) is 41.3 Å². The lowest BCUT2D eigenvalue weighted by molar-refractivity contribution is -0.133. The van der Waals surface area contributed by atoms with Crippen molar-refractivity contribution in [3.05, 3.63) is 23.9 Å². The zero-order chi connectivity index (χ0) is 14.5. The highest BCUT2D eigenvalue weighted by Gasteiger charge is 2.27. The van der Waals surface area contributed by atoms with Gasteiger partial charge in [0, 0.05) is 19.3 Å². The first-order valence-electron chi connectivity index (χ1n) is 6.81. The van der Waals surface area contributed by atoms with Gasteiger partial charge in [0.25, 0.3) is 0 Å². The number of piperidine rings is 1. The molecule has 1 atom stereocenters. The van der Waals surface area contributed by atoms with Crippen LogP contribution in [0.4, 0.5) is 5.82 Å². The Morgan fingerprint density at radius 1 is 1.41 bits per heavy atom. The second-order valence-corrected chi connectivity index (χ2v) is 5.09. The van der Waals surface area contributed by atoms with E-state index in [-0.39, 0.29) is 49.1 Å². The zero-order valence-electron chi connectivity index (χ0n) is 12.4. The van der Waals surface area contributed by atoms with Crippen LogP contribution in [0.25, 0.3) is 0 Å². The molecule has 1 fully saturated rings. The molecule has 0 saturated carbocycles. The summed E-state index contributed by atoms with van der Waals surface area (Å²) in [5.41, 5.74) is 6.40. The van der Waals surface area contributed by atoms with Crippen LogP contribution in [0.15, 0.2) is 18.3 Å². The van der Waals surface area contributed by atoms with Crippen LogP contribution in [0.3, 0.4) is 0 Å². The van der Waals surface area contributed by atoms with Crippen LogP contribution in [-0.2, 0) is 9.59 Å². The highest BCUT2D eigenvalue weighted by atomic mass is 35.5. The predicted octanol–water partition coefficient (Wildman–Crippen LogP) is 1.37. The average Bonchev–Trinajstić information content (AvgIpc) is 2.49. The highest BCUT2D eigenvalue weighted by molar-refractivity contribution is 5.92. The number of aromatic nitrogens is 1. The molecule has 1 saturated heterocycles. The monoisotopic (exact) mass is 348 g/mol. The van der Waals surface area contributed by atoms with Crippen LogP contribution in [0.1, 0.15) is 18.4 Å². The number of halogens is 2. The van der Waals surface area contributed by atoms with Crippen LogP contribution < -0.4 is 11.1 Å². The summed E-state index contributed by atoms with van der Waals surface area (Å²) in [5, 5.41) is 2.80. The summed E-state index contributed by atoms with van der Waals surface area (Å²) in [4.78, 5) is 29.6. The molecular weight excluding hydrogens is 327 g/mol. The van der Waals surface area contributed by atoms with E-state index in [2.05, 4.69) is 10.3 Å². The Hall–Kier alpha value is -1.37. The lowest BCUT2D eigenvalue weighted by atomic mass is 9.97. The molecule has 0 bridgehead atoms. The lowest BCUT2D eigenvalue weighted by Gasteiger charge is -2.31. The Labute approximate surface area is 142 Å². The molecule has 1 unspecified atom stereocenters. The fourth-order valence-electron chi connectivity index (χ4n) is 2.32. The minimum atomic E-state index is -0.192.